The van der Waals surface area contributed by atoms with Gasteiger partial charge in [0.1, 0.15) is 6.54 Å². The fourth-order valence-electron chi connectivity index (χ4n) is 1.42. The van der Waals surface area contributed by atoms with E-state index in [4.69, 9.17) is 10.5 Å². The normalized spacial score (nSPS) is 9.67. The summed E-state index contributed by atoms with van der Waals surface area (Å²) < 4.78 is 4.79. The van der Waals surface area contributed by atoms with Crippen molar-refractivity contribution in [2.45, 2.75) is 6.92 Å². The molecular formula is C12H17N3O3. The van der Waals surface area contributed by atoms with Crippen LogP contribution in [0.4, 0.5) is 11.4 Å². The number of rotatable bonds is 5. The van der Waals surface area contributed by atoms with Crippen molar-refractivity contribution in [2.24, 2.45) is 0 Å². The van der Waals surface area contributed by atoms with Crippen molar-refractivity contribution < 1.29 is 14.3 Å². The van der Waals surface area contributed by atoms with Gasteiger partial charge in [-0.25, -0.2) is 0 Å². The van der Waals surface area contributed by atoms with Gasteiger partial charge in [0.2, 0.25) is 0 Å². The lowest BCUT2D eigenvalue weighted by Gasteiger charge is -2.11. The maximum atomic E-state index is 11.6. The summed E-state index contributed by atoms with van der Waals surface area (Å²) in [5, 5.41) is 5.36. The van der Waals surface area contributed by atoms with E-state index in [-0.39, 0.29) is 18.4 Å². The van der Waals surface area contributed by atoms with Crippen molar-refractivity contribution in [1.29, 1.82) is 0 Å². The van der Waals surface area contributed by atoms with Gasteiger partial charge >= 0.3 is 5.97 Å². The van der Waals surface area contributed by atoms with Gasteiger partial charge in [-0.3, -0.25) is 9.59 Å². The summed E-state index contributed by atoms with van der Waals surface area (Å²) in [5.74, 6) is -0.635. The van der Waals surface area contributed by atoms with E-state index in [0.717, 1.165) is 0 Å². The lowest BCUT2D eigenvalue weighted by Crippen LogP contribution is -2.22. The molecule has 98 valence electrons. The zero-order chi connectivity index (χ0) is 13.5. The van der Waals surface area contributed by atoms with Gasteiger partial charge in [-0.2, -0.15) is 0 Å². The first kappa shape index (κ1) is 13.8. The molecule has 6 nitrogen and oxygen atoms in total. The van der Waals surface area contributed by atoms with Gasteiger partial charge in [-0.15, -0.1) is 0 Å². The average Bonchev–Trinajstić information content (AvgIpc) is 2.36. The van der Waals surface area contributed by atoms with Gasteiger partial charge in [-0.1, -0.05) is 0 Å². The minimum Gasteiger partial charge on any atom is -0.465 e. The zero-order valence-electron chi connectivity index (χ0n) is 10.4. The Morgan fingerprint density at radius 1 is 1.39 bits per heavy atom. The topological polar surface area (TPSA) is 93.4 Å². The summed E-state index contributed by atoms with van der Waals surface area (Å²) in [5.41, 5.74) is 7.08. The molecule has 0 aliphatic heterocycles. The molecule has 4 N–H and O–H groups in total. The number of ether oxygens (including phenoxy) is 1. The van der Waals surface area contributed by atoms with Crippen molar-refractivity contribution >= 4 is 23.3 Å². The summed E-state index contributed by atoms with van der Waals surface area (Å²) in [6.07, 6.45) is 0. The van der Waals surface area contributed by atoms with Crippen LogP contribution in [-0.2, 0) is 9.53 Å². The van der Waals surface area contributed by atoms with E-state index in [1.807, 2.05) is 0 Å². The molecule has 1 amide bonds. The highest BCUT2D eigenvalue weighted by molar-refractivity contribution is 6.00. The highest BCUT2D eigenvalue weighted by Gasteiger charge is 2.11. The Labute approximate surface area is 105 Å². The van der Waals surface area contributed by atoms with E-state index < -0.39 is 0 Å². The summed E-state index contributed by atoms with van der Waals surface area (Å²) in [6.45, 7) is 2.04. The van der Waals surface area contributed by atoms with Crippen LogP contribution in [0.5, 0.6) is 0 Å². The van der Waals surface area contributed by atoms with Gasteiger partial charge < -0.3 is 21.1 Å². The number of carbonyl (C=O) groups is 2. The minimum absolute atomic E-state index is 0.0126. The van der Waals surface area contributed by atoms with Gasteiger partial charge in [-0.05, 0) is 25.1 Å². The van der Waals surface area contributed by atoms with E-state index in [2.05, 4.69) is 10.6 Å². The second-order valence-corrected chi connectivity index (χ2v) is 3.54. The Kier molecular flexibility index (Phi) is 4.98. The summed E-state index contributed by atoms with van der Waals surface area (Å²) in [4.78, 5) is 22.8. The van der Waals surface area contributed by atoms with E-state index >= 15 is 0 Å². The number of amides is 1. The Morgan fingerprint density at radius 3 is 2.72 bits per heavy atom. The van der Waals surface area contributed by atoms with Crippen molar-refractivity contribution in [2.75, 3.05) is 31.2 Å². The summed E-state index contributed by atoms with van der Waals surface area (Å²) in [6, 6.07) is 4.82. The van der Waals surface area contributed by atoms with Crippen LogP contribution in [0.25, 0.3) is 0 Å². The van der Waals surface area contributed by atoms with E-state index in [1.165, 1.54) is 7.05 Å². The fraction of sp³-hybridized carbons (Fsp3) is 0.333. The minimum atomic E-state index is -0.386. The molecule has 0 radical (unpaired) electrons. The first-order valence-corrected chi connectivity index (χ1v) is 5.59. The third kappa shape index (κ3) is 3.65. The maximum Gasteiger partial charge on any atom is 0.325 e. The molecule has 1 aromatic carbocycles. The lowest BCUT2D eigenvalue weighted by molar-refractivity contribution is -0.140. The molecule has 0 unspecified atom stereocenters. The second kappa shape index (κ2) is 6.48. The molecule has 0 aliphatic rings. The van der Waals surface area contributed by atoms with Crippen molar-refractivity contribution in [1.82, 2.24) is 5.32 Å². The number of carbonyl (C=O) groups excluding carboxylic acids is 2. The third-order valence-electron chi connectivity index (χ3n) is 2.24. The Hall–Kier alpha value is -2.24. The number of benzene rings is 1. The zero-order valence-corrected chi connectivity index (χ0v) is 10.4. The largest absolute Gasteiger partial charge is 0.465 e. The Morgan fingerprint density at radius 2 is 2.11 bits per heavy atom. The molecule has 0 heterocycles. The SMILES string of the molecule is CCOC(=O)CNc1cc(N)ccc1C(=O)NC. The number of nitrogens with one attached hydrogen (secondary N) is 2. The van der Waals surface area contributed by atoms with E-state index in [0.29, 0.717) is 23.5 Å². The van der Waals surface area contributed by atoms with Crippen LogP contribution in [-0.4, -0.2) is 32.1 Å². The highest BCUT2D eigenvalue weighted by atomic mass is 16.5. The first-order valence-electron chi connectivity index (χ1n) is 5.59. The molecule has 0 fully saturated rings. The van der Waals surface area contributed by atoms with E-state index in [9.17, 15) is 9.59 Å². The summed E-state index contributed by atoms with van der Waals surface area (Å²) >= 11 is 0. The standard InChI is InChI=1S/C12H17N3O3/c1-3-18-11(16)7-15-10-6-8(13)4-5-9(10)12(17)14-2/h4-6,15H,3,7,13H2,1-2H3,(H,14,17). The van der Waals surface area contributed by atoms with Gasteiger partial charge in [0.25, 0.3) is 5.91 Å². The summed E-state index contributed by atoms with van der Waals surface area (Å²) in [7, 11) is 1.54. The van der Waals surface area contributed by atoms with Crippen LogP contribution in [0, 0.1) is 0 Å². The molecular weight excluding hydrogens is 234 g/mol. The van der Waals surface area contributed by atoms with Crippen molar-refractivity contribution in [3.63, 3.8) is 0 Å². The van der Waals surface area contributed by atoms with Crippen LogP contribution in [0.3, 0.4) is 0 Å². The number of esters is 1. The van der Waals surface area contributed by atoms with E-state index in [1.54, 1.807) is 25.1 Å². The molecule has 0 saturated carbocycles. The van der Waals surface area contributed by atoms with Crippen LogP contribution < -0.4 is 16.4 Å². The molecule has 1 aromatic rings. The predicted octanol–water partition coefficient (Wildman–Crippen LogP) is 0.603. The third-order valence-corrected chi connectivity index (χ3v) is 2.24. The number of hydrogen-bond acceptors (Lipinski definition) is 5. The lowest BCUT2D eigenvalue weighted by atomic mass is 10.1. The van der Waals surface area contributed by atoms with Crippen molar-refractivity contribution in [3.05, 3.63) is 23.8 Å². The maximum absolute atomic E-state index is 11.6. The first-order chi connectivity index (χ1) is 8.58. The van der Waals surface area contributed by atoms with Crippen LogP contribution in [0.15, 0.2) is 18.2 Å². The average molecular weight is 251 g/mol. The van der Waals surface area contributed by atoms with Crippen LogP contribution in [0.1, 0.15) is 17.3 Å². The molecule has 0 spiro atoms. The monoisotopic (exact) mass is 251 g/mol. The van der Waals surface area contributed by atoms with Crippen LogP contribution >= 0.6 is 0 Å². The van der Waals surface area contributed by atoms with Gasteiger partial charge in [0.05, 0.1) is 12.2 Å². The molecule has 0 saturated heterocycles. The Bertz CT molecular complexity index is 446. The van der Waals surface area contributed by atoms with Gasteiger partial charge in [0, 0.05) is 18.4 Å². The highest BCUT2D eigenvalue weighted by Crippen LogP contribution is 2.19. The molecule has 18 heavy (non-hydrogen) atoms. The molecule has 6 heteroatoms. The van der Waals surface area contributed by atoms with Crippen LogP contribution in [0.2, 0.25) is 0 Å². The number of hydrogen-bond donors (Lipinski definition) is 3. The molecule has 1 rings (SSSR count). The predicted molar refractivity (Wildman–Crippen MR) is 69.4 cm³/mol. The molecule has 0 aromatic heterocycles. The number of nitrogens with two attached hydrogens (primary N) is 1. The number of nitrogen functional groups attached to an aromatic ring is 1. The fourth-order valence-corrected chi connectivity index (χ4v) is 1.42. The quantitative estimate of drug-likeness (QED) is 0.526. The number of anilines is 2. The van der Waals surface area contributed by atoms with Crippen molar-refractivity contribution in [3.8, 4) is 0 Å². The second-order valence-electron chi connectivity index (χ2n) is 3.54. The molecule has 0 atom stereocenters. The smallest absolute Gasteiger partial charge is 0.325 e. The molecule has 0 bridgehead atoms. The molecule has 0 aliphatic carbocycles. The Balaban J connectivity index is 2.82. The van der Waals surface area contributed by atoms with Gasteiger partial charge in [0.15, 0.2) is 0 Å².